The van der Waals surface area contributed by atoms with Gasteiger partial charge in [0.2, 0.25) is 6.17 Å². The number of aliphatic imine (C=N–C) groups is 2. The molecule has 0 fully saturated rings. The Bertz CT molecular complexity index is 585. The zero-order valence-electron chi connectivity index (χ0n) is 13.5. The fourth-order valence-electron chi connectivity index (χ4n) is 1.66. The number of urea groups is 1. The monoisotopic (exact) mass is 318 g/mol. The molecular formula is C15H22N6O2. The number of anilines is 2. The van der Waals surface area contributed by atoms with Crippen molar-refractivity contribution >= 4 is 35.7 Å². The second-order valence-electron chi connectivity index (χ2n) is 4.40. The van der Waals surface area contributed by atoms with Gasteiger partial charge in [0, 0.05) is 31.7 Å². The molecule has 0 aromatic heterocycles. The highest BCUT2D eigenvalue weighted by Crippen LogP contribution is 2.14. The highest BCUT2D eigenvalue weighted by molar-refractivity contribution is 5.94. The van der Waals surface area contributed by atoms with E-state index in [9.17, 15) is 9.59 Å². The van der Waals surface area contributed by atoms with Gasteiger partial charge in [-0.05, 0) is 31.3 Å². The van der Waals surface area contributed by atoms with Gasteiger partial charge >= 0.3 is 6.03 Å². The van der Waals surface area contributed by atoms with Crippen molar-refractivity contribution in [2.24, 2.45) is 9.98 Å². The van der Waals surface area contributed by atoms with Crippen molar-refractivity contribution < 1.29 is 9.59 Å². The van der Waals surface area contributed by atoms with Crippen LogP contribution in [0.2, 0.25) is 0 Å². The van der Waals surface area contributed by atoms with Crippen LogP contribution >= 0.6 is 0 Å². The number of carbonyl (C=O) groups is 2. The highest BCUT2D eigenvalue weighted by atomic mass is 16.2. The van der Waals surface area contributed by atoms with Gasteiger partial charge in [-0.25, -0.2) is 4.79 Å². The average molecular weight is 318 g/mol. The molecule has 1 aromatic carbocycles. The smallest absolute Gasteiger partial charge is 0.321 e. The van der Waals surface area contributed by atoms with Crippen LogP contribution in [-0.2, 0) is 4.79 Å². The number of benzene rings is 1. The van der Waals surface area contributed by atoms with Crippen LogP contribution < -0.4 is 21.3 Å². The lowest BCUT2D eigenvalue weighted by molar-refractivity contribution is -0.122. The molecule has 1 aromatic rings. The molecule has 124 valence electrons. The predicted molar refractivity (Wildman–Crippen MR) is 93.5 cm³/mol. The molecular weight excluding hydrogens is 296 g/mol. The van der Waals surface area contributed by atoms with E-state index in [1.807, 2.05) is 6.07 Å². The Labute approximate surface area is 135 Å². The Morgan fingerprint density at radius 3 is 2.65 bits per heavy atom. The first kappa shape index (κ1) is 18.1. The number of rotatable bonds is 7. The normalized spacial score (nSPS) is 12.1. The second-order valence-corrected chi connectivity index (χ2v) is 4.40. The number of hydrogen-bond donors (Lipinski definition) is 4. The van der Waals surface area contributed by atoms with Gasteiger partial charge in [-0.3, -0.25) is 14.8 Å². The van der Waals surface area contributed by atoms with Crippen molar-refractivity contribution in [1.29, 1.82) is 0 Å². The summed E-state index contributed by atoms with van der Waals surface area (Å²) in [6, 6.07) is 6.67. The number of amides is 3. The fourth-order valence-corrected chi connectivity index (χ4v) is 1.66. The largest absolute Gasteiger partial charge is 0.388 e. The maximum atomic E-state index is 12.0. The molecule has 23 heavy (non-hydrogen) atoms. The van der Waals surface area contributed by atoms with Crippen LogP contribution in [0.5, 0.6) is 0 Å². The molecule has 0 aliphatic carbocycles. The Hall–Kier alpha value is -2.90. The molecule has 4 N–H and O–H groups in total. The van der Waals surface area contributed by atoms with Crippen LogP contribution in [-0.4, -0.2) is 51.2 Å². The predicted octanol–water partition coefficient (Wildman–Crippen LogP) is 1.08. The summed E-state index contributed by atoms with van der Waals surface area (Å²) >= 11 is 0. The van der Waals surface area contributed by atoms with Crippen LogP contribution in [0.4, 0.5) is 16.2 Å². The molecule has 0 aliphatic heterocycles. The maximum Gasteiger partial charge on any atom is 0.321 e. The summed E-state index contributed by atoms with van der Waals surface area (Å²) in [6.07, 6.45) is 2.09. The molecule has 8 heteroatoms. The SMILES string of the molecule is CC=NCC=N[C@@H](NC(=O)Nc1cccc(NC)c1)C(=O)NC. The average Bonchev–Trinajstić information content (AvgIpc) is 2.57. The third kappa shape index (κ3) is 6.60. The van der Waals surface area contributed by atoms with Crippen LogP contribution in [0, 0.1) is 0 Å². The highest BCUT2D eigenvalue weighted by Gasteiger charge is 2.17. The lowest BCUT2D eigenvalue weighted by atomic mass is 10.3. The van der Waals surface area contributed by atoms with Gasteiger partial charge in [0.1, 0.15) is 0 Å². The molecule has 8 nitrogen and oxygen atoms in total. The van der Waals surface area contributed by atoms with Gasteiger partial charge in [0.25, 0.3) is 5.91 Å². The van der Waals surface area contributed by atoms with Crippen LogP contribution in [0.3, 0.4) is 0 Å². The van der Waals surface area contributed by atoms with E-state index >= 15 is 0 Å². The lowest BCUT2D eigenvalue weighted by Gasteiger charge is -2.14. The van der Waals surface area contributed by atoms with E-state index in [2.05, 4.69) is 31.3 Å². The van der Waals surface area contributed by atoms with Crippen molar-refractivity contribution in [3.63, 3.8) is 0 Å². The van der Waals surface area contributed by atoms with E-state index in [1.165, 1.54) is 13.3 Å². The standard InChI is InChI=1S/C15H22N6O2/c1-4-18-8-9-19-13(14(22)17-3)21-15(23)20-12-7-5-6-11(10-12)16-2/h4-7,9-10,13,16H,8H2,1-3H3,(H,17,22)(H2,20,21,23)/t13-/m0/s1. The molecule has 0 aliphatic rings. The third-order valence-corrected chi connectivity index (χ3v) is 2.80. The van der Waals surface area contributed by atoms with E-state index in [1.54, 1.807) is 38.4 Å². The van der Waals surface area contributed by atoms with E-state index in [0.29, 0.717) is 12.2 Å². The van der Waals surface area contributed by atoms with Gasteiger partial charge in [-0.15, -0.1) is 0 Å². The number of hydrogen-bond acceptors (Lipinski definition) is 5. The van der Waals surface area contributed by atoms with Crippen molar-refractivity contribution in [1.82, 2.24) is 10.6 Å². The Morgan fingerprint density at radius 1 is 1.26 bits per heavy atom. The van der Waals surface area contributed by atoms with Crippen LogP contribution in [0.1, 0.15) is 6.92 Å². The molecule has 0 bridgehead atoms. The van der Waals surface area contributed by atoms with E-state index in [4.69, 9.17) is 0 Å². The minimum Gasteiger partial charge on any atom is -0.388 e. The first-order valence-corrected chi connectivity index (χ1v) is 7.13. The van der Waals surface area contributed by atoms with E-state index in [0.717, 1.165) is 5.69 Å². The Morgan fingerprint density at radius 2 is 2.00 bits per heavy atom. The third-order valence-electron chi connectivity index (χ3n) is 2.80. The van der Waals surface area contributed by atoms with Crippen molar-refractivity contribution in [3.05, 3.63) is 24.3 Å². The second kappa shape index (κ2) is 9.93. The molecule has 1 rings (SSSR count). The first-order valence-electron chi connectivity index (χ1n) is 7.13. The number of nitrogens with zero attached hydrogens (tertiary/aromatic N) is 2. The summed E-state index contributed by atoms with van der Waals surface area (Å²) in [6.45, 7) is 2.13. The van der Waals surface area contributed by atoms with Gasteiger partial charge in [-0.1, -0.05) is 6.07 Å². The summed E-state index contributed by atoms with van der Waals surface area (Å²) in [5.41, 5.74) is 1.46. The van der Waals surface area contributed by atoms with Gasteiger partial charge in [-0.2, -0.15) is 0 Å². The summed E-state index contributed by atoms with van der Waals surface area (Å²) in [7, 11) is 3.26. The molecule has 3 amide bonds. The summed E-state index contributed by atoms with van der Waals surface area (Å²) in [5.74, 6) is -0.416. The van der Waals surface area contributed by atoms with Gasteiger partial charge < -0.3 is 21.3 Å². The molecule has 0 heterocycles. The lowest BCUT2D eigenvalue weighted by Crippen LogP contribution is -2.46. The van der Waals surface area contributed by atoms with Crippen molar-refractivity contribution in [2.75, 3.05) is 31.3 Å². The first-order chi connectivity index (χ1) is 11.1. The number of likely N-dealkylation sites (N-methyl/N-ethyl adjacent to an activating group) is 1. The Kier molecular flexibility index (Phi) is 7.84. The Balaban J connectivity index is 2.68. The number of nitrogens with one attached hydrogen (secondary N) is 4. The van der Waals surface area contributed by atoms with Crippen LogP contribution in [0.25, 0.3) is 0 Å². The molecule has 1 atom stereocenters. The molecule has 0 saturated heterocycles. The number of carbonyl (C=O) groups excluding carboxylic acids is 2. The van der Waals surface area contributed by atoms with Crippen molar-refractivity contribution in [3.8, 4) is 0 Å². The summed E-state index contributed by atoms with van der Waals surface area (Å²) in [5, 5.41) is 10.6. The van der Waals surface area contributed by atoms with Crippen LogP contribution in [0.15, 0.2) is 34.3 Å². The zero-order chi connectivity index (χ0) is 17.1. The topological polar surface area (TPSA) is 107 Å². The molecule has 0 spiro atoms. The maximum absolute atomic E-state index is 12.0. The molecule has 0 unspecified atom stereocenters. The van der Waals surface area contributed by atoms with Crippen molar-refractivity contribution in [2.45, 2.75) is 13.1 Å². The summed E-state index contributed by atoms with van der Waals surface area (Å²) in [4.78, 5) is 31.7. The zero-order valence-corrected chi connectivity index (χ0v) is 13.5. The quantitative estimate of drug-likeness (QED) is 0.565. The van der Waals surface area contributed by atoms with E-state index < -0.39 is 18.1 Å². The van der Waals surface area contributed by atoms with Gasteiger partial charge in [0.05, 0.1) is 6.54 Å². The minimum atomic E-state index is -1.01. The minimum absolute atomic E-state index is 0.345. The summed E-state index contributed by atoms with van der Waals surface area (Å²) < 4.78 is 0. The van der Waals surface area contributed by atoms with E-state index in [-0.39, 0.29) is 0 Å². The fraction of sp³-hybridized carbons (Fsp3) is 0.333. The van der Waals surface area contributed by atoms with Gasteiger partial charge in [0.15, 0.2) is 0 Å². The molecule has 0 saturated carbocycles. The molecule has 0 radical (unpaired) electrons.